The number of aromatic nitrogens is 2. The summed E-state index contributed by atoms with van der Waals surface area (Å²) in [5.41, 5.74) is 0.166. The Bertz CT molecular complexity index is 558. The van der Waals surface area contributed by atoms with Gasteiger partial charge in [0.1, 0.15) is 6.61 Å². The molecular formula is C13H15ClN2O4. The van der Waals surface area contributed by atoms with E-state index in [4.69, 9.17) is 14.6 Å². The van der Waals surface area contributed by atoms with E-state index in [1.165, 1.54) is 19.2 Å². The number of halogens is 1. The zero-order chi connectivity index (χ0) is 13.7. The Morgan fingerprint density at radius 2 is 2.20 bits per heavy atom. The van der Waals surface area contributed by atoms with Gasteiger partial charge in [0.05, 0.1) is 25.5 Å². The van der Waals surface area contributed by atoms with Gasteiger partial charge in [-0.3, -0.25) is 0 Å². The third-order valence-corrected chi connectivity index (χ3v) is 2.58. The van der Waals surface area contributed by atoms with Crippen LogP contribution in [0.4, 0.5) is 0 Å². The van der Waals surface area contributed by atoms with Crippen LogP contribution in [0.5, 0.6) is 11.5 Å². The van der Waals surface area contributed by atoms with E-state index in [0.717, 1.165) is 0 Å². The SMILES string of the molecule is COc1cc(C(=O)O)ccc1OCCn1ccnc1.Cl. The maximum atomic E-state index is 10.8. The Hall–Kier alpha value is -2.21. The Labute approximate surface area is 122 Å². The van der Waals surface area contributed by atoms with Crippen molar-refractivity contribution < 1.29 is 19.4 Å². The number of hydrogen-bond donors (Lipinski definition) is 1. The fourth-order valence-corrected chi connectivity index (χ4v) is 1.60. The number of aromatic carboxylic acids is 1. The number of rotatable bonds is 6. The van der Waals surface area contributed by atoms with Crippen LogP contribution in [0.1, 0.15) is 10.4 Å². The van der Waals surface area contributed by atoms with Gasteiger partial charge >= 0.3 is 5.97 Å². The first-order valence-corrected chi connectivity index (χ1v) is 5.70. The molecule has 0 aliphatic rings. The van der Waals surface area contributed by atoms with Crippen molar-refractivity contribution in [1.29, 1.82) is 0 Å². The molecule has 2 rings (SSSR count). The van der Waals surface area contributed by atoms with Gasteiger partial charge in [-0.2, -0.15) is 0 Å². The lowest BCUT2D eigenvalue weighted by Gasteiger charge is -2.11. The van der Waals surface area contributed by atoms with Crippen LogP contribution < -0.4 is 9.47 Å². The Morgan fingerprint density at radius 1 is 1.40 bits per heavy atom. The molecule has 1 N–H and O–H groups in total. The van der Waals surface area contributed by atoms with Crippen molar-refractivity contribution in [2.75, 3.05) is 13.7 Å². The van der Waals surface area contributed by atoms with E-state index >= 15 is 0 Å². The molecule has 0 amide bonds. The minimum atomic E-state index is -0.997. The van der Waals surface area contributed by atoms with Gasteiger partial charge in [0, 0.05) is 12.4 Å². The lowest BCUT2D eigenvalue weighted by Crippen LogP contribution is -2.07. The minimum Gasteiger partial charge on any atom is -0.493 e. The molecule has 1 aromatic carbocycles. The first-order chi connectivity index (χ1) is 9.20. The van der Waals surface area contributed by atoms with Gasteiger partial charge in [-0.25, -0.2) is 9.78 Å². The number of carboxylic acid groups (broad SMARTS) is 1. The summed E-state index contributed by atoms with van der Waals surface area (Å²) >= 11 is 0. The van der Waals surface area contributed by atoms with Gasteiger partial charge in [-0.05, 0) is 18.2 Å². The van der Waals surface area contributed by atoms with Gasteiger partial charge in [0.15, 0.2) is 11.5 Å². The summed E-state index contributed by atoms with van der Waals surface area (Å²) in [6, 6.07) is 4.52. The molecule has 2 aromatic rings. The molecule has 0 aliphatic heterocycles. The van der Waals surface area contributed by atoms with Gasteiger partial charge in [0.2, 0.25) is 0 Å². The lowest BCUT2D eigenvalue weighted by atomic mass is 10.2. The summed E-state index contributed by atoms with van der Waals surface area (Å²) < 4.78 is 12.6. The second-order valence-electron chi connectivity index (χ2n) is 3.82. The van der Waals surface area contributed by atoms with E-state index in [1.54, 1.807) is 18.6 Å². The molecule has 0 fully saturated rings. The molecular weight excluding hydrogens is 284 g/mol. The molecule has 1 heterocycles. The molecule has 1 aromatic heterocycles. The van der Waals surface area contributed by atoms with Crippen molar-refractivity contribution in [1.82, 2.24) is 9.55 Å². The van der Waals surface area contributed by atoms with E-state index in [1.807, 2.05) is 10.8 Å². The van der Waals surface area contributed by atoms with Gasteiger partial charge in [-0.15, -0.1) is 12.4 Å². The largest absolute Gasteiger partial charge is 0.493 e. The molecule has 20 heavy (non-hydrogen) atoms. The molecule has 6 nitrogen and oxygen atoms in total. The number of carbonyl (C=O) groups is 1. The number of nitrogens with zero attached hydrogens (tertiary/aromatic N) is 2. The summed E-state index contributed by atoms with van der Waals surface area (Å²) in [4.78, 5) is 14.8. The smallest absolute Gasteiger partial charge is 0.335 e. The Kier molecular flexibility index (Phi) is 5.86. The second kappa shape index (κ2) is 7.40. The first-order valence-electron chi connectivity index (χ1n) is 5.70. The van der Waals surface area contributed by atoms with E-state index in [9.17, 15) is 4.79 Å². The van der Waals surface area contributed by atoms with Gasteiger partial charge < -0.3 is 19.1 Å². The molecule has 7 heteroatoms. The summed E-state index contributed by atoms with van der Waals surface area (Å²) in [5.74, 6) is -0.0681. The van der Waals surface area contributed by atoms with E-state index in [0.29, 0.717) is 24.7 Å². The normalized spacial score (nSPS) is 9.65. The molecule has 108 valence electrons. The Balaban J connectivity index is 0.00000200. The highest BCUT2D eigenvalue weighted by Gasteiger charge is 2.09. The molecule has 0 saturated carbocycles. The molecule has 0 saturated heterocycles. The van der Waals surface area contributed by atoms with Crippen molar-refractivity contribution in [2.24, 2.45) is 0 Å². The van der Waals surface area contributed by atoms with Crippen LogP contribution in [-0.4, -0.2) is 34.3 Å². The number of benzene rings is 1. The molecule has 0 aliphatic carbocycles. The van der Waals surface area contributed by atoms with E-state index < -0.39 is 5.97 Å². The predicted octanol–water partition coefficient (Wildman–Crippen LogP) is 2.09. The summed E-state index contributed by atoms with van der Waals surface area (Å²) in [5, 5.41) is 8.89. The zero-order valence-corrected chi connectivity index (χ0v) is 11.7. The average Bonchev–Trinajstić information content (AvgIpc) is 2.92. The number of carboxylic acids is 1. The van der Waals surface area contributed by atoms with Crippen molar-refractivity contribution in [2.45, 2.75) is 6.54 Å². The highest BCUT2D eigenvalue weighted by atomic mass is 35.5. The number of ether oxygens (including phenoxy) is 2. The monoisotopic (exact) mass is 298 g/mol. The second-order valence-corrected chi connectivity index (χ2v) is 3.82. The number of methoxy groups -OCH3 is 1. The van der Waals surface area contributed by atoms with Crippen LogP contribution >= 0.6 is 12.4 Å². The molecule has 0 bridgehead atoms. The van der Waals surface area contributed by atoms with Crippen LogP contribution in [0.3, 0.4) is 0 Å². The first kappa shape index (κ1) is 15.8. The molecule has 0 unspecified atom stereocenters. The van der Waals surface area contributed by atoms with Crippen LogP contribution in [-0.2, 0) is 6.54 Å². The molecule has 0 atom stereocenters. The van der Waals surface area contributed by atoms with E-state index in [2.05, 4.69) is 4.98 Å². The summed E-state index contributed by atoms with van der Waals surface area (Å²) in [7, 11) is 1.48. The number of hydrogen-bond acceptors (Lipinski definition) is 4. The third kappa shape index (κ3) is 3.89. The Morgan fingerprint density at radius 3 is 2.80 bits per heavy atom. The predicted molar refractivity (Wildman–Crippen MR) is 74.9 cm³/mol. The highest BCUT2D eigenvalue weighted by molar-refractivity contribution is 5.88. The van der Waals surface area contributed by atoms with Crippen molar-refractivity contribution >= 4 is 18.4 Å². The lowest BCUT2D eigenvalue weighted by molar-refractivity contribution is 0.0696. The summed E-state index contributed by atoms with van der Waals surface area (Å²) in [6.45, 7) is 1.10. The third-order valence-electron chi connectivity index (χ3n) is 2.58. The fourth-order valence-electron chi connectivity index (χ4n) is 1.60. The van der Waals surface area contributed by atoms with Crippen molar-refractivity contribution in [3.63, 3.8) is 0 Å². The minimum absolute atomic E-state index is 0. The van der Waals surface area contributed by atoms with Crippen LogP contribution in [0.25, 0.3) is 0 Å². The maximum absolute atomic E-state index is 10.8. The highest BCUT2D eigenvalue weighted by Crippen LogP contribution is 2.28. The van der Waals surface area contributed by atoms with Crippen molar-refractivity contribution in [3.05, 3.63) is 42.5 Å². The maximum Gasteiger partial charge on any atom is 0.335 e. The van der Waals surface area contributed by atoms with Crippen molar-refractivity contribution in [3.8, 4) is 11.5 Å². The zero-order valence-electron chi connectivity index (χ0n) is 10.9. The topological polar surface area (TPSA) is 73.6 Å². The summed E-state index contributed by atoms with van der Waals surface area (Å²) in [6.07, 6.45) is 5.24. The molecule has 0 radical (unpaired) electrons. The number of imidazole rings is 1. The quantitative estimate of drug-likeness (QED) is 0.884. The van der Waals surface area contributed by atoms with E-state index in [-0.39, 0.29) is 18.0 Å². The average molecular weight is 299 g/mol. The standard InChI is InChI=1S/C13H14N2O4.ClH/c1-18-12-8-10(13(16)17)2-3-11(12)19-7-6-15-5-4-14-9-15;/h2-5,8-9H,6-7H2,1H3,(H,16,17);1H. The van der Waals surface area contributed by atoms with Crippen LogP contribution in [0.2, 0.25) is 0 Å². The van der Waals surface area contributed by atoms with Crippen LogP contribution in [0, 0.1) is 0 Å². The van der Waals surface area contributed by atoms with Crippen LogP contribution in [0.15, 0.2) is 36.9 Å². The van der Waals surface area contributed by atoms with Gasteiger partial charge in [-0.1, -0.05) is 0 Å². The fraction of sp³-hybridized carbons (Fsp3) is 0.231. The molecule has 0 spiro atoms. The van der Waals surface area contributed by atoms with Gasteiger partial charge in [0.25, 0.3) is 0 Å².